The maximum Gasteiger partial charge on any atom is 0.254 e. The van der Waals surface area contributed by atoms with Gasteiger partial charge in [-0.2, -0.15) is 0 Å². The maximum absolute atomic E-state index is 13.9. The topological polar surface area (TPSA) is 32.3 Å². The second kappa shape index (κ2) is 8.57. The van der Waals surface area contributed by atoms with Gasteiger partial charge in [0.25, 0.3) is 5.91 Å². The molecule has 1 aliphatic heterocycles. The molecule has 1 amide bonds. The molecular formula is C21H23F3N2O. The van der Waals surface area contributed by atoms with Crippen LogP contribution in [-0.4, -0.2) is 30.4 Å². The summed E-state index contributed by atoms with van der Waals surface area (Å²) in [5.41, 5.74) is 1.72. The molecule has 0 saturated carbocycles. The number of halogens is 3. The zero-order chi connectivity index (χ0) is 19.4. The lowest BCUT2D eigenvalue weighted by atomic mass is 10.0. The van der Waals surface area contributed by atoms with Gasteiger partial charge in [-0.15, -0.1) is 0 Å². The molecule has 1 heterocycles. The number of carbonyl (C=O) groups excluding carboxylic acids is 1. The smallest absolute Gasteiger partial charge is 0.254 e. The van der Waals surface area contributed by atoms with Gasteiger partial charge in [-0.25, -0.2) is 13.2 Å². The lowest BCUT2D eigenvalue weighted by Gasteiger charge is -2.35. The summed E-state index contributed by atoms with van der Waals surface area (Å²) in [5.74, 6) is -5.15. The summed E-state index contributed by atoms with van der Waals surface area (Å²) in [7, 11) is 0. The van der Waals surface area contributed by atoms with Crippen molar-refractivity contribution in [1.29, 1.82) is 0 Å². The minimum atomic E-state index is -1.63. The molecule has 0 aliphatic carbocycles. The van der Waals surface area contributed by atoms with Crippen LogP contribution in [0.5, 0.6) is 0 Å². The van der Waals surface area contributed by atoms with E-state index in [9.17, 15) is 18.0 Å². The first-order valence-corrected chi connectivity index (χ1v) is 9.19. The van der Waals surface area contributed by atoms with Gasteiger partial charge in [0.05, 0.1) is 11.6 Å². The number of carbonyl (C=O) groups is 1. The molecule has 1 aliphatic rings. The molecule has 27 heavy (non-hydrogen) atoms. The number of rotatable bonds is 5. The third kappa shape index (κ3) is 4.50. The van der Waals surface area contributed by atoms with Crippen LogP contribution in [0, 0.1) is 24.4 Å². The molecule has 144 valence electrons. The number of hydrogen-bond acceptors (Lipinski definition) is 2. The van der Waals surface area contributed by atoms with Crippen molar-refractivity contribution in [2.24, 2.45) is 0 Å². The Hall–Kier alpha value is -2.34. The number of nitrogens with zero attached hydrogens (tertiary/aromatic N) is 1. The van der Waals surface area contributed by atoms with Crippen LogP contribution in [0.2, 0.25) is 0 Å². The van der Waals surface area contributed by atoms with Crippen molar-refractivity contribution in [3.8, 4) is 0 Å². The van der Waals surface area contributed by atoms with E-state index in [1.165, 1.54) is 6.42 Å². The van der Waals surface area contributed by atoms with E-state index in [1.54, 1.807) is 0 Å². The number of likely N-dealkylation sites (tertiary alicyclic amines) is 1. The van der Waals surface area contributed by atoms with Gasteiger partial charge in [-0.05, 0) is 50.6 Å². The fourth-order valence-corrected chi connectivity index (χ4v) is 3.46. The highest BCUT2D eigenvalue weighted by molar-refractivity contribution is 5.94. The van der Waals surface area contributed by atoms with E-state index in [2.05, 4.69) is 10.2 Å². The second-order valence-corrected chi connectivity index (χ2v) is 6.96. The van der Waals surface area contributed by atoms with Gasteiger partial charge < -0.3 is 5.32 Å². The van der Waals surface area contributed by atoms with Crippen molar-refractivity contribution >= 4 is 5.91 Å². The molecule has 1 fully saturated rings. The molecule has 0 aromatic heterocycles. The SMILES string of the molecule is Cc1ccc(C(CNC(=O)c2ccc(F)c(F)c2F)N2CCCCC2)cc1. The van der Waals surface area contributed by atoms with Crippen molar-refractivity contribution < 1.29 is 18.0 Å². The van der Waals surface area contributed by atoms with Gasteiger partial charge in [-0.3, -0.25) is 9.69 Å². The van der Waals surface area contributed by atoms with Crippen LogP contribution in [0.3, 0.4) is 0 Å². The monoisotopic (exact) mass is 376 g/mol. The molecule has 0 spiro atoms. The molecule has 1 N–H and O–H groups in total. The second-order valence-electron chi connectivity index (χ2n) is 6.96. The van der Waals surface area contributed by atoms with Gasteiger partial charge >= 0.3 is 0 Å². The van der Waals surface area contributed by atoms with Crippen LogP contribution in [0.1, 0.15) is 46.8 Å². The minimum Gasteiger partial charge on any atom is -0.350 e. The van der Waals surface area contributed by atoms with Crippen molar-refractivity contribution in [3.63, 3.8) is 0 Å². The fourth-order valence-electron chi connectivity index (χ4n) is 3.46. The predicted octanol–water partition coefficient (Wildman–Crippen LogP) is 4.37. The summed E-state index contributed by atoms with van der Waals surface area (Å²) in [4.78, 5) is 14.6. The Kier molecular flexibility index (Phi) is 6.16. The standard InChI is InChI=1S/C21H23F3N2O/c1-14-5-7-15(8-6-14)18(26-11-3-2-4-12-26)13-25-21(27)16-9-10-17(22)20(24)19(16)23/h5-10,18H,2-4,11-13H2,1H3,(H,25,27). The molecule has 2 aromatic carbocycles. The number of amides is 1. The van der Waals surface area contributed by atoms with Crippen LogP contribution >= 0.6 is 0 Å². The Bertz CT molecular complexity index is 802. The highest BCUT2D eigenvalue weighted by Gasteiger charge is 2.24. The van der Waals surface area contributed by atoms with E-state index in [1.807, 2.05) is 31.2 Å². The number of piperidine rings is 1. The summed E-state index contributed by atoms with van der Waals surface area (Å²) in [5, 5.41) is 2.69. The Morgan fingerprint density at radius 1 is 1.00 bits per heavy atom. The molecule has 0 radical (unpaired) electrons. The summed E-state index contributed by atoms with van der Waals surface area (Å²) >= 11 is 0. The number of hydrogen-bond donors (Lipinski definition) is 1. The molecule has 0 bridgehead atoms. The summed E-state index contributed by atoms with van der Waals surface area (Å²) in [6.45, 7) is 4.12. The van der Waals surface area contributed by atoms with Crippen LogP contribution in [-0.2, 0) is 0 Å². The Morgan fingerprint density at radius 3 is 2.33 bits per heavy atom. The molecule has 3 rings (SSSR count). The predicted molar refractivity (Wildman–Crippen MR) is 98.0 cm³/mol. The van der Waals surface area contributed by atoms with E-state index in [0.29, 0.717) is 0 Å². The van der Waals surface area contributed by atoms with Crippen molar-refractivity contribution in [2.75, 3.05) is 19.6 Å². The Morgan fingerprint density at radius 2 is 1.67 bits per heavy atom. The number of nitrogens with one attached hydrogen (secondary N) is 1. The quantitative estimate of drug-likeness (QED) is 0.786. The first-order chi connectivity index (χ1) is 13.0. The molecule has 1 atom stereocenters. The molecule has 3 nitrogen and oxygen atoms in total. The van der Waals surface area contributed by atoms with Crippen molar-refractivity contribution in [3.05, 3.63) is 70.5 Å². The lowest BCUT2D eigenvalue weighted by Crippen LogP contribution is -2.40. The summed E-state index contributed by atoms with van der Waals surface area (Å²) in [6.07, 6.45) is 3.37. The Balaban J connectivity index is 1.77. The van der Waals surface area contributed by atoms with E-state index in [0.717, 1.165) is 49.2 Å². The van der Waals surface area contributed by atoms with Crippen LogP contribution < -0.4 is 5.32 Å². The largest absolute Gasteiger partial charge is 0.350 e. The van der Waals surface area contributed by atoms with E-state index in [-0.39, 0.29) is 12.6 Å². The van der Waals surface area contributed by atoms with Crippen molar-refractivity contribution in [2.45, 2.75) is 32.2 Å². The minimum absolute atomic E-state index is 0.0526. The third-order valence-electron chi connectivity index (χ3n) is 5.03. The maximum atomic E-state index is 13.9. The van der Waals surface area contributed by atoms with Gasteiger partial charge in [0, 0.05) is 6.54 Å². The summed E-state index contributed by atoms with van der Waals surface area (Å²) in [6, 6.07) is 9.76. The normalized spacial score (nSPS) is 16.1. The highest BCUT2D eigenvalue weighted by Crippen LogP contribution is 2.25. The Labute approximate surface area is 157 Å². The zero-order valence-electron chi connectivity index (χ0n) is 15.3. The molecule has 1 saturated heterocycles. The van der Waals surface area contributed by atoms with Gasteiger partial charge in [0.15, 0.2) is 17.5 Å². The number of aryl methyl sites for hydroxylation is 1. The summed E-state index contributed by atoms with van der Waals surface area (Å²) < 4.78 is 40.4. The molecule has 6 heteroatoms. The first-order valence-electron chi connectivity index (χ1n) is 9.19. The lowest BCUT2D eigenvalue weighted by molar-refractivity contribution is 0.0919. The van der Waals surface area contributed by atoms with Gasteiger partial charge in [0.1, 0.15) is 0 Å². The van der Waals surface area contributed by atoms with Crippen LogP contribution in [0.25, 0.3) is 0 Å². The fraction of sp³-hybridized carbons (Fsp3) is 0.381. The van der Waals surface area contributed by atoms with E-state index >= 15 is 0 Å². The van der Waals surface area contributed by atoms with E-state index in [4.69, 9.17) is 0 Å². The van der Waals surface area contributed by atoms with Crippen LogP contribution in [0.15, 0.2) is 36.4 Å². The van der Waals surface area contributed by atoms with Crippen molar-refractivity contribution in [1.82, 2.24) is 10.2 Å². The van der Waals surface area contributed by atoms with Crippen LogP contribution in [0.4, 0.5) is 13.2 Å². The first kappa shape index (κ1) is 19.4. The van der Waals surface area contributed by atoms with E-state index < -0.39 is 28.9 Å². The third-order valence-corrected chi connectivity index (χ3v) is 5.03. The molecule has 2 aromatic rings. The van der Waals surface area contributed by atoms with Gasteiger partial charge in [0.2, 0.25) is 0 Å². The number of benzene rings is 2. The average molecular weight is 376 g/mol. The molecule has 1 unspecified atom stereocenters. The van der Waals surface area contributed by atoms with Gasteiger partial charge in [-0.1, -0.05) is 36.2 Å². The highest BCUT2D eigenvalue weighted by atomic mass is 19.2. The molecular weight excluding hydrogens is 353 g/mol. The average Bonchev–Trinajstić information content (AvgIpc) is 2.68. The zero-order valence-corrected chi connectivity index (χ0v) is 15.3.